The largest absolute Gasteiger partial charge is 0.494 e. The van der Waals surface area contributed by atoms with Crippen molar-refractivity contribution in [3.05, 3.63) is 29.6 Å². The minimum absolute atomic E-state index is 0.263. The summed E-state index contributed by atoms with van der Waals surface area (Å²) in [6, 6.07) is 4.91. The summed E-state index contributed by atoms with van der Waals surface area (Å²) in [6.45, 7) is 2.47. The molecule has 0 amide bonds. The van der Waals surface area contributed by atoms with Gasteiger partial charge in [0.05, 0.1) is 20.3 Å². The van der Waals surface area contributed by atoms with Gasteiger partial charge in [0.2, 0.25) is 0 Å². The number of ether oxygens (including phenoxy) is 2. The van der Waals surface area contributed by atoms with Crippen molar-refractivity contribution in [1.29, 1.82) is 0 Å². The fourth-order valence-corrected chi connectivity index (χ4v) is 1.46. The van der Waals surface area contributed by atoms with Gasteiger partial charge in [-0.2, -0.15) is 0 Å². The fraction of sp³-hybridized carbons (Fsp3) is 0.500. The van der Waals surface area contributed by atoms with E-state index in [-0.39, 0.29) is 11.6 Å². The van der Waals surface area contributed by atoms with E-state index in [2.05, 4.69) is 5.32 Å². The monoisotopic (exact) mass is 261 g/mol. The third-order valence-electron chi connectivity index (χ3n) is 2.19. The Hall–Kier alpha value is -0.840. The van der Waals surface area contributed by atoms with E-state index in [1.165, 1.54) is 13.2 Å². The Bertz CT molecular complexity index is 336. The zero-order chi connectivity index (χ0) is 12.5. The van der Waals surface area contributed by atoms with Crippen molar-refractivity contribution in [2.45, 2.75) is 6.54 Å². The molecule has 0 aliphatic heterocycles. The zero-order valence-electron chi connectivity index (χ0n) is 9.84. The number of methoxy groups -OCH3 is 1. The van der Waals surface area contributed by atoms with E-state index in [1.807, 2.05) is 6.07 Å². The predicted molar refractivity (Wildman–Crippen MR) is 66.2 cm³/mol. The third-order valence-corrected chi connectivity index (χ3v) is 2.34. The molecule has 0 bridgehead atoms. The van der Waals surface area contributed by atoms with E-state index < -0.39 is 0 Å². The van der Waals surface area contributed by atoms with Gasteiger partial charge in [0.1, 0.15) is 0 Å². The highest BCUT2D eigenvalue weighted by Gasteiger charge is 2.02. The van der Waals surface area contributed by atoms with Crippen LogP contribution in [0, 0.1) is 5.82 Å². The van der Waals surface area contributed by atoms with Gasteiger partial charge in [-0.1, -0.05) is 6.07 Å². The lowest BCUT2D eigenvalue weighted by Crippen LogP contribution is -2.19. The molecule has 1 aromatic rings. The summed E-state index contributed by atoms with van der Waals surface area (Å²) in [5, 5.41) is 3.15. The maximum absolute atomic E-state index is 13.3. The van der Waals surface area contributed by atoms with Gasteiger partial charge in [-0.25, -0.2) is 4.39 Å². The molecule has 5 heteroatoms. The van der Waals surface area contributed by atoms with E-state index in [0.717, 1.165) is 5.56 Å². The molecule has 0 saturated heterocycles. The van der Waals surface area contributed by atoms with Crippen LogP contribution in [0.5, 0.6) is 5.75 Å². The number of rotatable bonds is 8. The molecule has 1 rings (SSSR count). The van der Waals surface area contributed by atoms with Crippen LogP contribution in [0.4, 0.5) is 4.39 Å². The molecule has 0 spiro atoms. The van der Waals surface area contributed by atoms with Crippen molar-refractivity contribution < 1.29 is 13.9 Å². The van der Waals surface area contributed by atoms with Gasteiger partial charge >= 0.3 is 0 Å². The Morgan fingerprint density at radius 3 is 2.82 bits per heavy atom. The first kappa shape index (κ1) is 14.2. The first-order chi connectivity index (χ1) is 8.27. The molecule has 0 aliphatic carbocycles. The lowest BCUT2D eigenvalue weighted by Gasteiger charge is -2.07. The highest BCUT2D eigenvalue weighted by atomic mass is 35.5. The molecule has 96 valence electrons. The Morgan fingerprint density at radius 2 is 2.18 bits per heavy atom. The molecular formula is C12H17ClFNO2. The number of alkyl halides is 1. The maximum Gasteiger partial charge on any atom is 0.165 e. The molecule has 17 heavy (non-hydrogen) atoms. The molecule has 0 radical (unpaired) electrons. The Kier molecular flexibility index (Phi) is 6.93. The maximum atomic E-state index is 13.3. The van der Waals surface area contributed by atoms with Gasteiger partial charge in [0.15, 0.2) is 11.6 Å². The second kappa shape index (κ2) is 8.28. The lowest BCUT2D eigenvalue weighted by atomic mass is 10.2. The summed E-state index contributed by atoms with van der Waals surface area (Å²) in [5.41, 5.74) is 0.876. The minimum atomic E-state index is -0.342. The van der Waals surface area contributed by atoms with Crippen LogP contribution >= 0.6 is 11.6 Å². The summed E-state index contributed by atoms with van der Waals surface area (Å²) in [7, 11) is 1.45. The quantitative estimate of drug-likeness (QED) is 0.575. The highest BCUT2D eigenvalue weighted by molar-refractivity contribution is 6.17. The predicted octanol–water partition coefficient (Wildman–Crippen LogP) is 2.18. The highest BCUT2D eigenvalue weighted by Crippen LogP contribution is 2.17. The second-order valence-corrected chi connectivity index (χ2v) is 3.82. The molecule has 0 saturated carbocycles. The van der Waals surface area contributed by atoms with E-state index in [1.54, 1.807) is 6.07 Å². The van der Waals surface area contributed by atoms with E-state index >= 15 is 0 Å². The van der Waals surface area contributed by atoms with Gasteiger partial charge in [0, 0.05) is 19.0 Å². The number of nitrogens with one attached hydrogen (secondary N) is 1. The number of hydrogen-bond acceptors (Lipinski definition) is 3. The minimum Gasteiger partial charge on any atom is -0.494 e. The van der Waals surface area contributed by atoms with Gasteiger partial charge in [-0.3, -0.25) is 0 Å². The molecule has 0 fully saturated rings. The van der Waals surface area contributed by atoms with Crippen LogP contribution < -0.4 is 10.1 Å². The van der Waals surface area contributed by atoms with Crippen molar-refractivity contribution >= 4 is 11.6 Å². The zero-order valence-corrected chi connectivity index (χ0v) is 10.6. The summed E-state index contributed by atoms with van der Waals surface area (Å²) in [5.74, 6) is 0.424. The Morgan fingerprint density at radius 1 is 1.35 bits per heavy atom. The number of hydrogen-bond donors (Lipinski definition) is 1. The fourth-order valence-electron chi connectivity index (χ4n) is 1.35. The molecule has 1 aromatic carbocycles. The molecule has 0 aliphatic rings. The molecule has 0 heterocycles. The summed E-state index contributed by atoms with van der Waals surface area (Å²) >= 11 is 5.46. The van der Waals surface area contributed by atoms with E-state index in [4.69, 9.17) is 21.1 Å². The van der Waals surface area contributed by atoms with Crippen LogP contribution in [-0.4, -0.2) is 32.7 Å². The summed E-state index contributed by atoms with van der Waals surface area (Å²) in [6.07, 6.45) is 0. The Labute approximate surface area is 106 Å². The lowest BCUT2D eigenvalue weighted by molar-refractivity contribution is 0.151. The number of halogens is 2. The molecule has 0 aromatic heterocycles. The van der Waals surface area contributed by atoms with Gasteiger partial charge in [-0.15, -0.1) is 11.6 Å². The van der Waals surface area contributed by atoms with Gasteiger partial charge in [-0.05, 0) is 17.7 Å². The van der Waals surface area contributed by atoms with Crippen LogP contribution in [-0.2, 0) is 11.3 Å². The average molecular weight is 262 g/mol. The van der Waals surface area contributed by atoms with Crippen LogP contribution in [0.3, 0.4) is 0 Å². The van der Waals surface area contributed by atoms with Gasteiger partial charge < -0.3 is 14.8 Å². The van der Waals surface area contributed by atoms with E-state index in [0.29, 0.717) is 32.2 Å². The van der Waals surface area contributed by atoms with Crippen molar-refractivity contribution in [2.24, 2.45) is 0 Å². The van der Waals surface area contributed by atoms with Gasteiger partial charge in [0.25, 0.3) is 0 Å². The Balaban J connectivity index is 2.25. The second-order valence-electron chi connectivity index (χ2n) is 3.45. The van der Waals surface area contributed by atoms with Crippen molar-refractivity contribution in [3.8, 4) is 5.75 Å². The van der Waals surface area contributed by atoms with Crippen LogP contribution in [0.2, 0.25) is 0 Å². The SMILES string of the molecule is COc1ccc(CNCCOCCCl)cc1F. The molecular weight excluding hydrogens is 245 g/mol. The van der Waals surface area contributed by atoms with Crippen molar-refractivity contribution in [2.75, 3.05) is 32.7 Å². The van der Waals surface area contributed by atoms with Crippen LogP contribution in [0.1, 0.15) is 5.56 Å². The standard InChI is InChI=1S/C12H17ClFNO2/c1-16-12-3-2-10(8-11(12)14)9-15-5-7-17-6-4-13/h2-3,8,15H,4-7,9H2,1H3. The molecule has 1 N–H and O–H groups in total. The van der Waals surface area contributed by atoms with E-state index in [9.17, 15) is 4.39 Å². The first-order valence-corrected chi connectivity index (χ1v) is 5.98. The molecule has 0 unspecified atom stereocenters. The van der Waals surface area contributed by atoms with Crippen molar-refractivity contribution in [1.82, 2.24) is 5.32 Å². The average Bonchev–Trinajstić information content (AvgIpc) is 2.34. The van der Waals surface area contributed by atoms with Crippen LogP contribution in [0.15, 0.2) is 18.2 Å². The molecule has 3 nitrogen and oxygen atoms in total. The third kappa shape index (κ3) is 5.35. The molecule has 0 atom stereocenters. The first-order valence-electron chi connectivity index (χ1n) is 5.44. The summed E-state index contributed by atoms with van der Waals surface area (Å²) in [4.78, 5) is 0. The van der Waals surface area contributed by atoms with Crippen molar-refractivity contribution in [3.63, 3.8) is 0 Å². The normalized spacial score (nSPS) is 10.5. The topological polar surface area (TPSA) is 30.5 Å². The smallest absolute Gasteiger partial charge is 0.165 e. The summed E-state index contributed by atoms with van der Waals surface area (Å²) < 4.78 is 23.4. The number of benzene rings is 1. The van der Waals surface area contributed by atoms with Crippen LogP contribution in [0.25, 0.3) is 0 Å².